The van der Waals surface area contributed by atoms with Gasteiger partial charge in [-0.3, -0.25) is 4.79 Å². The average Bonchev–Trinajstić information content (AvgIpc) is 2.40. The third kappa shape index (κ3) is 4.18. The maximum Gasteiger partial charge on any atom is 0.225 e. The summed E-state index contributed by atoms with van der Waals surface area (Å²) in [5.74, 6) is -0.0644. The van der Waals surface area contributed by atoms with E-state index in [0.29, 0.717) is 18.2 Å². The van der Waals surface area contributed by atoms with Crippen molar-refractivity contribution in [2.45, 2.75) is 32.4 Å². The van der Waals surface area contributed by atoms with E-state index < -0.39 is 0 Å². The van der Waals surface area contributed by atoms with Crippen LogP contribution >= 0.6 is 12.4 Å². The number of halogens is 2. The molecule has 0 spiro atoms. The zero-order chi connectivity index (χ0) is 13.8. The molecule has 1 fully saturated rings. The van der Waals surface area contributed by atoms with E-state index in [1.54, 1.807) is 30.1 Å². The summed E-state index contributed by atoms with van der Waals surface area (Å²) >= 11 is 0. The van der Waals surface area contributed by atoms with E-state index in [0.717, 1.165) is 19.4 Å². The summed E-state index contributed by atoms with van der Waals surface area (Å²) in [5, 5.41) is 3.33. The molecule has 1 aliphatic rings. The number of benzene rings is 1. The molecule has 2 rings (SSSR count). The van der Waals surface area contributed by atoms with Gasteiger partial charge in [0.15, 0.2) is 0 Å². The molecule has 1 saturated heterocycles. The molecule has 1 aromatic carbocycles. The van der Waals surface area contributed by atoms with E-state index in [1.807, 2.05) is 0 Å². The summed E-state index contributed by atoms with van der Waals surface area (Å²) in [6, 6.07) is 6.99. The predicted molar refractivity (Wildman–Crippen MR) is 80.3 cm³/mol. The number of hydrogen-bond donors (Lipinski definition) is 1. The Labute approximate surface area is 125 Å². The SMILES string of the molecule is C[C@H]1C[C@@H](C(=O)N(C)Cc2ccccc2F)CCN1.Cl. The molecule has 5 heteroatoms. The van der Waals surface area contributed by atoms with Gasteiger partial charge >= 0.3 is 0 Å². The highest BCUT2D eigenvalue weighted by Gasteiger charge is 2.27. The molecule has 0 radical (unpaired) electrons. The van der Waals surface area contributed by atoms with Crippen molar-refractivity contribution in [2.24, 2.45) is 5.92 Å². The number of piperidine rings is 1. The number of hydrogen-bond acceptors (Lipinski definition) is 2. The Bertz CT molecular complexity index is 455. The topological polar surface area (TPSA) is 32.3 Å². The lowest BCUT2D eigenvalue weighted by Gasteiger charge is -2.30. The maximum atomic E-state index is 13.6. The fraction of sp³-hybridized carbons (Fsp3) is 0.533. The van der Waals surface area contributed by atoms with Crippen LogP contribution in [0.25, 0.3) is 0 Å². The van der Waals surface area contributed by atoms with Crippen molar-refractivity contribution in [3.63, 3.8) is 0 Å². The van der Waals surface area contributed by atoms with Gasteiger partial charge in [0.1, 0.15) is 5.82 Å². The minimum Gasteiger partial charge on any atom is -0.341 e. The third-order valence-corrected chi connectivity index (χ3v) is 3.71. The van der Waals surface area contributed by atoms with Crippen molar-refractivity contribution in [3.8, 4) is 0 Å². The van der Waals surface area contributed by atoms with Crippen LogP contribution in [0.1, 0.15) is 25.3 Å². The van der Waals surface area contributed by atoms with Crippen LogP contribution in [0.2, 0.25) is 0 Å². The highest BCUT2D eigenvalue weighted by molar-refractivity contribution is 5.85. The van der Waals surface area contributed by atoms with Crippen molar-refractivity contribution >= 4 is 18.3 Å². The second-order valence-corrected chi connectivity index (χ2v) is 5.36. The van der Waals surface area contributed by atoms with Gasteiger partial charge in [0.05, 0.1) is 0 Å². The lowest BCUT2D eigenvalue weighted by Crippen LogP contribution is -2.42. The zero-order valence-electron chi connectivity index (χ0n) is 11.9. The first-order valence-corrected chi connectivity index (χ1v) is 6.79. The molecule has 0 aromatic heterocycles. The summed E-state index contributed by atoms with van der Waals surface area (Å²) in [6.45, 7) is 3.31. The molecule has 0 unspecified atom stereocenters. The van der Waals surface area contributed by atoms with Crippen molar-refractivity contribution in [2.75, 3.05) is 13.6 Å². The minimum absolute atomic E-state index is 0. The first kappa shape index (κ1) is 16.9. The Morgan fingerprint density at radius 2 is 2.15 bits per heavy atom. The Kier molecular flexibility index (Phi) is 6.43. The first-order valence-electron chi connectivity index (χ1n) is 6.79. The molecule has 0 aliphatic carbocycles. The molecule has 20 heavy (non-hydrogen) atoms. The van der Waals surface area contributed by atoms with E-state index in [1.165, 1.54) is 6.07 Å². The van der Waals surface area contributed by atoms with Gasteiger partial charge in [0.2, 0.25) is 5.91 Å². The molecular formula is C15H22ClFN2O. The normalized spacial score (nSPS) is 21.9. The van der Waals surface area contributed by atoms with Gasteiger partial charge in [-0.1, -0.05) is 18.2 Å². The third-order valence-electron chi connectivity index (χ3n) is 3.71. The van der Waals surface area contributed by atoms with Crippen LogP contribution in [0.5, 0.6) is 0 Å². The Morgan fingerprint density at radius 3 is 2.80 bits per heavy atom. The summed E-state index contributed by atoms with van der Waals surface area (Å²) in [6.07, 6.45) is 1.73. The Balaban J connectivity index is 0.00000200. The zero-order valence-corrected chi connectivity index (χ0v) is 12.8. The fourth-order valence-electron chi connectivity index (χ4n) is 2.63. The number of amides is 1. The van der Waals surface area contributed by atoms with Gasteiger partial charge in [-0.05, 0) is 32.4 Å². The number of carbonyl (C=O) groups excluding carboxylic acids is 1. The van der Waals surface area contributed by atoms with Crippen molar-refractivity contribution < 1.29 is 9.18 Å². The highest BCUT2D eigenvalue weighted by atomic mass is 35.5. The smallest absolute Gasteiger partial charge is 0.225 e. The van der Waals surface area contributed by atoms with E-state index >= 15 is 0 Å². The molecule has 1 aliphatic heterocycles. The van der Waals surface area contributed by atoms with E-state index in [-0.39, 0.29) is 30.0 Å². The van der Waals surface area contributed by atoms with Crippen LogP contribution in [-0.4, -0.2) is 30.4 Å². The molecule has 1 heterocycles. The molecule has 0 saturated carbocycles. The van der Waals surface area contributed by atoms with E-state index in [4.69, 9.17) is 0 Å². The maximum absolute atomic E-state index is 13.6. The molecule has 1 aromatic rings. The summed E-state index contributed by atoms with van der Waals surface area (Å²) in [4.78, 5) is 14.0. The Hall–Kier alpha value is -1.13. The number of carbonyl (C=O) groups is 1. The van der Waals surface area contributed by atoms with Crippen LogP contribution in [0.15, 0.2) is 24.3 Å². The monoisotopic (exact) mass is 300 g/mol. The van der Waals surface area contributed by atoms with Crippen LogP contribution in [0, 0.1) is 11.7 Å². The molecule has 3 nitrogen and oxygen atoms in total. The van der Waals surface area contributed by atoms with Gasteiger partial charge in [-0.15, -0.1) is 12.4 Å². The van der Waals surface area contributed by atoms with Gasteiger partial charge in [-0.25, -0.2) is 4.39 Å². The van der Waals surface area contributed by atoms with Crippen LogP contribution < -0.4 is 5.32 Å². The number of nitrogens with one attached hydrogen (secondary N) is 1. The fourth-order valence-corrected chi connectivity index (χ4v) is 2.63. The van der Waals surface area contributed by atoms with Crippen LogP contribution in [0.4, 0.5) is 4.39 Å². The van der Waals surface area contributed by atoms with Gasteiger partial charge in [-0.2, -0.15) is 0 Å². The van der Waals surface area contributed by atoms with Crippen LogP contribution in [0.3, 0.4) is 0 Å². The largest absolute Gasteiger partial charge is 0.341 e. The van der Waals surface area contributed by atoms with Gasteiger partial charge < -0.3 is 10.2 Å². The minimum atomic E-state index is -0.249. The molecule has 1 amide bonds. The molecule has 112 valence electrons. The summed E-state index contributed by atoms with van der Waals surface area (Å²) < 4.78 is 13.6. The summed E-state index contributed by atoms with van der Waals surface area (Å²) in [5.41, 5.74) is 0.570. The van der Waals surface area contributed by atoms with E-state index in [2.05, 4.69) is 12.2 Å². The molecule has 1 N–H and O–H groups in total. The standard InChI is InChI=1S/C15H21FN2O.ClH/c1-11-9-12(7-8-17-11)15(19)18(2)10-13-5-3-4-6-14(13)16;/h3-6,11-12,17H,7-10H2,1-2H3;1H/t11-,12-;/m0./s1. The molecule has 0 bridgehead atoms. The second kappa shape index (κ2) is 7.60. The van der Waals surface area contributed by atoms with Crippen molar-refractivity contribution in [3.05, 3.63) is 35.6 Å². The lowest BCUT2D eigenvalue weighted by molar-refractivity contribution is -0.135. The van der Waals surface area contributed by atoms with Gasteiger partial charge in [0, 0.05) is 31.1 Å². The predicted octanol–water partition coefficient (Wildman–Crippen LogP) is 2.59. The number of nitrogens with zero attached hydrogens (tertiary/aromatic N) is 1. The summed E-state index contributed by atoms with van der Waals surface area (Å²) in [7, 11) is 1.75. The van der Waals surface area contributed by atoms with Crippen molar-refractivity contribution in [1.82, 2.24) is 10.2 Å². The lowest BCUT2D eigenvalue weighted by atomic mass is 9.92. The Morgan fingerprint density at radius 1 is 1.45 bits per heavy atom. The highest BCUT2D eigenvalue weighted by Crippen LogP contribution is 2.19. The quantitative estimate of drug-likeness (QED) is 0.930. The van der Waals surface area contributed by atoms with Gasteiger partial charge in [0.25, 0.3) is 0 Å². The van der Waals surface area contributed by atoms with E-state index in [9.17, 15) is 9.18 Å². The molecule has 2 atom stereocenters. The second-order valence-electron chi connectivity index (χ2n) is 5.36. The van der Waals surface area contributed by atoms with Crippen LogP contribution in [-0.2, 0) is 11.3 Å². The number of rotatable bonds is 3. The first-order chi connectivity index (χ1) is 9.08. The molecular weight excluding hydrogens is 279 g/mol. The van der Waals surface area contributed by atoms with Crippen molar-refractivity contribution in [1.29, 1.82) is 0 Å². The average molecular weight is 301 g/mol.